The number of amides is 1. The Labute approximate surface area is 226 Å². The molecule has 0 aliphatic rings. The number of anilines is 1. The summed E-state index contributed by atoms with van der Waals surface area (Å²) in [5, 5.41) is 27.5. The zero-order chi connectivity index (χ0) is 26.9. The number of nitrogens with zero attached hydrogens (tertiary/aromatic N) is 1. The van der Waals surface area contributed by atoms with Crippen molar-refractivity contribution in [3.05, 3.63) is 95.1 Å². The van der Waals surface area contributed by atoms with Crippen molar-refractivity contribution >= 4 is 34.3 Å². The molecule has 0 fully saturated rings. The number of pyridine rings is 1. The van der Waals surface area contributed by atoms with Crippen LogP contribution < -0.4 is 15.4 Å². The summed E-state index contributed by atoms with van der Waals surface area (Å²) in [4.78, 5) is 16.1. The quantitative estimate of drug-likeness (QED) is 0.201. The average Bonchev–Trinajstić information content (AvgIpc) is 2.92. The monoisotopic (exact) mass is 535 g/mol. The number of ether oxygens (including phenoxy) is 2. The van der Waals surface area contributed by atoms with Crippen LogP contribution in [0.2, 0.25) is 5.02 Å². The van der Waals surface area contributed by atoms with Crippen LogP contribution in [0.15, 0.2) is 79.0 Å². The van der Waals surface area contributed by atoms with Gasteiger partial charge in [-0.05, 0) is 73.0 Å². The fraction of sp³-hybridized carbons (Fsp3) is 0.241. The van der Waals surface area contributed by atoms with Gasteiger partial charge >= 0.3 is 6.09 Å². The van der Waals surface area contributed by atoms with E-state index < -0.39 is 12.2 Å². The van der Waals surface area contributed by atoms with Crippen LogP contribution in [0.4, 0.5) is 10.5 Å². The van der Waals surface area contributed by atoms with Gasteiger partial charge < -0.3 is 25.0 Å². The number of aliphatic hydroxyl groups is 2. The van der Waals surface area contributed by atoms with E-state index in [-0.39, 0.29) is 12.6 Å². The van der Waals surface area contributed by atoms with Crippen molar-refractivity contribution in [3.8, 4) is 11.5 Å². The molecule has 198 valence electrons. The average molecular weight is 536 g/mol. The number of rotatable bonds is 11. The van der Waals surface area contributed by atoms with Crippen LogP contribution >= 0.6 is 11.6 Å². The van der Waals surface area contributed by atoms with Gasteiger partial charge in [0, 0.05) is 34.9 Å². The van der Waals surface area contributed by atoms with E-state index in [9.17, 15) is 15.0 Å². The highest BCUT2D eigenvalue weighted by Gasteiger charge is 2.14. The number of benzene rings is 3. The van der Waals surface area contributed by atoms with Crippen LogP contribution in [-0.4, -0.2) is 47.1 Å². The standard InChI is InChI=1S/C29H30ClN3O5/c1-2-37-29(36)33-22-8-11-25-26(16-22)31-13-12-28(25)38-24-9-6-19(7-10-24)14-23(18-34)32-17-27(35)20-4-3-5-21(30)15-20/h3-13,15-16,23,27,32,34-35H,2,14,17-18H2,1H3,(H,33,36)/t23-,27-/m0/s1. The first kappa shape index (κ1) is 27.3. The smallest absolute Gasteiger partial charge is 0.411 e. The normalized spacial score (nSPS) is 12.6. The maximum absolute atomic E-state index is 11.7. The SMILES string of the molecule is CCOC(=O)Nc1ccc2c(Oc3ccc(C[C@@H](CO)NC[C@H](O)c4cccc(Cl)c4)cc3)ccnc2c1. The predicted molar refractivity (Wildman–Crippen MR) is 148 cm³/mol. The molecule has 4 rings (SSSR count). The molecule has 3 aromatic carbocycles. The van der Waals surface area contributed by atoms with Crippen LogP contribution in [0.5, 0.6) is 11.5 Å². The molecule has 38 heavy (non-hydrogen) atoms. The molecule has 0 aliphatic carbocycles. The van der Waals surface area contributed by atoms with E-state index in [2.05, 4.69) is 15.6 Å². The van der Waals surface area contributed by atoms with Crippen molar-refractivity contribution in [3.63, 3.8) is 0 Å². The molecule has 0 bridgehead atoms. The van der Waals surface area contributed by atoms with Crippen LogP contribution in [0.25, 0.3) is 10.9 Å². The minimum atomic E-state index is -0.731. The number of nitrogens with one attached hydrogen (secondary N) is 2. The molecule has 1 heterocycles. The third kappa shape index (κ3) is 7.43. The lowest BCUT2D eigenvalue weighted by atomic mass is 10.0. The van der Waals surface area contributed by atoms with Crippen LogP contribution in [0.3, 0.4) is 0 Å². The number of hydrogen-bond donors (Lipinski definition) is 4. The second-order valence-electron chi connectivity index (χ2n) is 8.70. The molecular formula is C29H30ClN3O5. The Kier molecular flexibility index (Phi) is 9.51. The van der Waals surface area contributed by atoms with E-state index >= 15 is 0 Å². The molecule has 8 nitrogen and oxygen atoms in total. The Hall–Kier alpha value is -3.69. The van der Waals surface area contributed by atoms with Gasteiger partial charge in [-0.1, -0.05) is 35.9 Å². The third-order valence-electron chi connectivity index (χ3n) is 5.91. The Balaban J connectivity index is 1.36. The van der Waals surface area contributed by atoms with Gasteiger partial charge in [-0.2, -0.15) is 0 Å². The van der Waals surface area contributed by atoms with Crippen molar-refractivity contribution in [2.45, 2.75) is 25.5 Å². The Bertz CT molecular complexity index is 1370. The van der Waals surface area contributed by atoms with E-state index in [4.69, 9.17) is 21.1 Å². The second kappa shape index (κ2) is 13.2. The molecule has 4 N–H and O–H groups in total. The number of hydrogen-bond acceptors (Lipinski definition) is 7. The number of carbonyl (C=O) groups excluding carboxylic acids is 1. The van der Waals surface area contributed by atoms with E-state index in [0.717, 1.165) is 16.5 Å². The Morgan fingerprint density at radius 1 is 1.08 bits per heavy atom. The van der Waals surface area contributed by atoms with E-state index in [1.54, 1.807) is 49.5 Å². The number of aromatic nitrogens is 1. The third-order valence-corrected chi connectivity index (χ3v) is 6.15. The number of fused-ring (bicyclic) bond motifs is 1. The number of aliphatic hydroxyl groups excluding tert-OH is 2. The molecular weight excluding hydrogens is 506 g/mol. The lowest BCUT2D eigenvalue weighted by Crippen LogP contribution is -2.37. The molecule has 1 aromatic heterocycles. The molecule has 9 heteroatoms. The van der Waals surface area contributed by atoms with Crippen LogP contribution in [-0.2, 0) is 11.2 Å². The van der Waals surface area contributed by atoms with E-state index in [1.165, 1.54) is 0 Å². The summed E-state index contributed by atoms with van der Waals surface area (Å²) in [7, 11) is 0. The number of halogens is 1. The molecule has 2 atom stereocenters. The van der Waals surface area contributed by atoms with Crippen LogP contribution in [0, 0.1) is 0 Å². The molecule has 0 unspecified atom stereocenters. The van der Waals surface area contributed by atoms with E-state index in [0.29, 0.717) is 47.3 Å². The maximum Gasteiger partial charge on any atom is 0.411 e. The first-order valence-electron chi connectivity index (χ1n) is 12.3. The summed E-state index contributed by atoms with van der Waals surface area (Å²) in [6.45, 7) is 2.25. The van der Waals surface area contributed by atoms with Crippen molar-refractivity contribution in [1.82, 2.24) is 10.3 Å². The predicted octanol–water partition coefficient (Wildman–Crippen LogP) is 5.48. The Morgan fingerprint density at radius 3 is 2.63 bits per heavy atom. The lowest BCUT2D eigenvalue weighted by molar-refractivity contribution is 0.158. The van der Waals surface area contributed by atoms with Crippen molar-refractivity contribution < 1.29 is 24.5 Å². The zero-order valence-corrected chi connectivity index (χ0v) is 21.7. The Morgan fingerprint density at radius 2 is 1.89 bits per heavy atom. The lowest BCUT2D eigenvalue weighted by Gasteiger charge is -2.19. The van der Waals surface area contributed by atoms with Gasteiger partial charge in [0.2, 0.25) is 0 Å². The molecule has 4 aromatic rings. The van der Waals surface area contributed by atoms with Gasteiger partial charge in [-0.3, -0.25) is 10.3 Å². The summed E-state index contributed by atoms with van der Waals surface area (Å²) in [6.07, 6.45) is 0.976. The van der Waals surface area contributed by atoms with Gasteiger partial charge in [0.25, 0.3) is 0 Å². The van der Waals surface area contributed by atoms with Gasteiger partial charge in [-0.25, -0.2) is 4.79 Å². The summed E-state index contributed by atoms with van der Waals surface area (Å²) >= 11 is 6.01. The highest BCUT2D eigenvalue weighted by molar-refractivity contribution is 6.30. The summed E-state index contributed by atoms with van der Waals surface area (Å²) < 4.78 is 11.0. The van der Waals surface area contributed by atoms with Gasteiger partial charge in [-0.15, -0.1) is 0 Å². The molecule has 0 saturated carbocycles. The fourth-order valence-electron chi connectivity index (χ4n) is 3.99. The zero-order valence-electron chi connectivity index (χ0n) is 20.9. The van der Waals surface area contributed by atoms with Crippen molar-refractivity contribution in [2.24, 2.45) is 0 Å². The molecule has 0 saturated heterocycles. The highest BCUT2D eigenvalue weighted by Crippen LogP contribution is 2.30. The van der Waals surface area contributed by atoms with Gasteiger partial charge in [0.1, 0.15) is 11.5 Å². The first-order valence-corrected chi connectivity index (χ1v) is 12.7. The van der Waals surface area contributed by atoms with Gasteiger partial charge in [0.05, 0.1) is 24.8 Å². The first-order chi connectivity index (χ1) is 18.4. The van der Waals surface area contributed by atoms with Crippen LogP contribution in [0.1, 0.15) is 24.2 Å². The molecule has 0 aliphatic heterocycles. The minimum Gasteiger partial charge on any atom is -0.457 e. The van der Waals surface area contributed by atoms with Crippen molar-refractivity contribution in [1.29, 1.82) is 0 Å². The van der Waals surface area contributed by atoms with E-state index in [1.807, 2.05) is 36.4 Å². The molecule has 1 amide bonds. The molecule has 0 radical (unpaired) electrons. The summed E-state index contributed by atoms with van der Waals surface area (Å²) in [5.74, 6) is 1.29. The highest BCUT2D eigenvalue weighted by atomic mass is 35.5. The largest absolute Gasteiger partial charge is 0.457 e. The molecule has 0 spiro atoms. The minimum absolute atomic E-state index is 0.0729. The maximum atomic E-state index is 11.7. The second-order valence-corrected chi connectivity index (χ2v) is 9.13. The topological polar surface area (TPSA) is 113 Å². The number of carbonyl (C=O) groups is 1. The van der Waals surface area contributed by atoms with Gasteiger partial charge in [0.15, 0.2) is 0 Å². The fourth-order valence-corrected chi connectivity index (χ4v) is 4.19. The summed E-state index contributed by atoms with van der Waals surface area (Å²) in [6, 6.07) is 21.6. The van der Waals surface area contributed by atoms with Crippen molar-refractivity contribution in [2.75, 3.05) is 25.1 Å². The summed E-state index contributed by atoms with van der Waals surface area (Å²) in [5.41, 5.74) is 2.98.